The number of ether oxygens (including phenoxy) is 1. The van der Waals surface area contributed by atoms with E-state index in [0.717, 1.165) is 41.0 Å². The highest BCUT2D eigenvalue weighted by Crippen LogP contribution is 2.46. The second-order valence-corrected chi connectivity index (χ2v) is 16.8. The molecule has 3 unspecified atom stereocenters. The van der Waals surface area contributed by atoms with Crippen LogP contribution in [0.2, 0.25) is 0 Å². The number of carbonyl (C=O) groups excluding carboxylic acids is 4. The molecular weight excluding hydrogens is 793 g/mol. The fraction of sp³-hybridized carbons (Fsp3) is 0.477. The maximum absolute atomic E-state index is 14.7. The maximum atomic E-state index is 14.7. The molecule has 18 heteroatoms. The van der Waals surface area contributed by atoms with Crippen molar-refractivity contribution in [2.45, 2.75) is 59.4 Å². The SMILES string of the molecule is CCC1CN(C)N2CCC3CNN=C3C/C(C)=C\C(=O)N=C3N(C)c4cc(C(N)=O)cc(OCCCO)c4N3C/C(C)=C(\C)CN3C(=NC(=O)C12)N(C)c1cc(C(N)=O)ccc13. The van der Waals surface area contributed by atoms with Crippen molar-refractivity contribution in [1.82, 2.24) is 15.4 Å². The van der Waals surface area contributed by atoms with Gasteiger partial charge in [-0.05, 0) is 69.9 Å². The van der Waals surface area contributed by atoms with Gasteiger partial charge in [-0.1, -0.05) is 23.6 Å². The van der Waals surface area contributed by atoms with E-state index in [9.17, 15) is 24.3 Å². The number of guanidine groups is 2. The van der Waals surface area contributed by atoms with Crippen LogP contribution in [0.15, 0.2) is 68.2 Å². The number of hydrazone groups is 1. The van der Waals surface area contributed by atoms with Crippen LogP contribution in [-0.4, -0.2) is 130 Å². The van der Waals surface area contributed by atoms with Gasteiger partial charge in [0, 0.05) is 102 Å². The van der Waals surface area contributed by atoms with Gasteiger partial charge in [-0.25, -0.2) is 10.0 Å². The smallest absolute Gasteiger partial charge is 0.272 e. The Morgan fingerprint density at radius 3 is 2.27 bits per heavy atom. The molecule has 5 aliphatic heterocycles. The molecule has 7 rings (SSSR count). The van der Waals surface area contributed by atoms with Crippen molar-refractivity contribution in [2.24, 2.45) is 38.4 Å². The van der Waals surface area contributed by atoms with Crippen LogP contribution in [0.25, 0.3) is 0 Å². The number of aliphatic hydroxyl groups excluding tert-OH is 1. The van der Waals surface area contributed by atoms with Crippen molar-refractivity contribution < 1.29 is 29.0 Å². The van der Waals surface area contributed by atoms with Gasteiger partial charge < -0.3 is 46.3 Å². The molecule has 0 bridgehead atoms. The first-order chi connectivity index (χ1) is 29.6. The fourth-order valence-corrected chi connectivity index (χ4v) is 8.94. The van der Waals surface area contributed by atoms with Crippen LogP contribution >= 0.6 is 0 Å². The molecule has 4 amide bonds. The minimum absolute atomic E-state index is 0.0459. The second-order valence-electron chi connectivity index (χ2n) is 16.8. The molecule has 2 aromatic rings. The van der Waals surface area contributed by atoms with Gasteiger partial charge in [-0.3, -0.25) is 19.2 Å². The van der Waals surface area contributed by atoms with E-state index in [1.54, 1.807) is 36.2 Å². The lowest BCUT2D eigenvalue weighted by Gasteiger charge is -2.30. The maximum Gasteiger partial charge on any atom is 0.272 e. The molecule has 330 valence electrons. The molecule has 18 nitrogen and oxygen atoms in total. The van der Waals surface area contributed by atoms with Crippen LogP contribution in [0.5, 0.6) is 5.75 Å². The summed E-state index contributed by atoms with van der Waals surface area (Å²) in [5, 5.41) is 18.5. The average molecular weight is 851 g/mol. The number of amides is 4. The highest BCUT2D eigenvalue weighted by atomic mass is 16.5. The molecule has 0 spiro atoms. The van der Waals surface area contributed by atoms with E-state index in [1.807, 2.05) is 55.6 Å². The van der Waals surface area contributed by atoms with E-state index in [0.29, 0.717) is 79.3 Å². The van der Waals surface area contributed by atoms with Gasteiger partial charge in [0.2, 0.25) is 23.7 Å². The number of rotatable bonds is 7. The average Bonchev–Trinajstić information content (AvgIpc) is 3.95. The van der Waals surface area contributed by atoms with Crippen molar-refractivity contribution >= 4 is 64.0 Å². The molecule has 62 heavy (non-hydrogen) atoms. The number of carbonyl (C=O) groups is 4. The number of hydrogen-bond acceptors (Lipinski definition) is 14. The standard InChI is InChI=1S/C44H58N12O6/c1-8-28-24-51(5)56-13-12-30-21-47-50-32(30)16-25(2)17-37(58)48-43-53(7)35-19-31(41(46)60)20-36(62-15-9-14-57)39(35)55(43)23-27(4)26(3)22-54-33-11-10-29(40(45)59)18-34(33)52(6)44(54)49-42(61)38(28)56/h10-11,17-20,28,30,38,47,57H,8-9,12-16,21-24H2,1-7H3,(H2,45,59)(H2,46,60)/b25-17-,27-26+,48-43?,49-44?. The number of primary amides is 2. The van der Waals surface area contributed by atoms with Gasteiger partial charge in [-0.2, -0.15) is 15.1 Å². The number of anilines is 4. The number of hydrogen-bond donors (Lipinski definition) is 4. The van der Waals surface area contributed by atoms with Gasteiger partial charge in [0.05, 0.1) is 23.7 Å². The Balaban J connectivity index is 1.37. The summed E-state index contributed by atoms with van der Waals surface area (Å²) in [6.45, 7) is 10.6. The van der Waals surface area contributed by atoms with E-state index in [-0.39, 0.29) is 43.1 Å². The number of aliphatic imine (C=N–C) groups is 2. The Bertz CT molecular complexity index is 2320. The fourth-order valence-electron chi connectivity index (χ4n) is 8.94. The Hall–Kier alpha value is -6.11. The summed E-state index contributed by atoms with van der Waals surface area (Å²) in [5.74, 6) is -0.742. The predicted molar refractivity (Wildman–Crippen MR) is 241 cm³/mol. The number of allylic oxidation sites excluding steroid dienone is 1. The van der Waals surface area contributed by atoms with Gasteiger partial charge in [0.15, 0.2) is 0 Å². The summed E-state index contributed by atoms with van der Waals surface area (Å²) < 4.78 is 6.19. The predicted octanol–water partition coefficient (Wildman–Crippen LogP) is 2.83. The molecule has 0 aromatic heterocycles. The first-order valence-electron chi connectivity index (χ1n) is 21.1. The number of nitrogens with one attached hydrogen (secondary N) is 1. The van der Waals surface area contributed by atoms with Gasteiger partial charge in [-0.15, -0.1) is 0 Å². The molecule has 0 radical (unpaired) electrons. The highest BCUT2D eigenvalue weighted by molar-refractivity contribution is 6.22. The lowest BCUT2D eigenvalue weighted by molar-refractivity contribution is -0.126. The summed E-state index contributed by atoms with van der Waals surface area (Å²) in [6.07, 6.45) is 3.85. The third-order valence-corrected chi connectivity index (χ3v) is 12.5. The third-order valence-electron chi connectivity index (χ3n) is 12.5. The molecule has 0 aliphatic carbocycles. The van der Waals surface area contributed by atoms with E-state index in [4.69, 9.17) is 21.2 Å². The molecule has 5 aliphatic rings. The van der Waals surface area contributed by atoms with Crippen LogP contribution in [-0.2, 0) is 9.59 Å². The minimum atomic E-state index is -0.651. The number of nitrogens with two attached hydrogens (primary N) is 2. The van der Waals surface area contributed by atoms with Crippen LogP contribution in [0.1, 0.15) is 74.1 Å². The second kappa shape index (κ2) is 18.1. The third kappa shape index (κ3) is 8.54. The number of nitrogens with zero attached hydrogens (tertiary/aromatic N) is 9. The summed E-state index contributed by atoms with van der Waals surface area (Å²) >= 11 is 0. The zero-order chi connectivity index (χ0) is 44.6. The van der Waals surface area contributed by atoms with Crippen LogP contribution in [0.3, 0.4) is 0 Å². The van der Waals surface area contributed by atoms with Crippen molar-refractivity contribution in [3.63, 3.8) is 0 Å². The number of fused-ring (bicyclic) bond motifs is 8. The Labute approximate surface area is 362 Å². The number of aliphatic hydroxyl groups is 1. The van der Waals surface area contributed by atoms with Crippen LogP contribution in [0, 0.1) is 11.8 Å². The normalized spacial score (nSPS) is 24.7. The topological polar surface area (TPSA) is 218 Å². The van der Waals surface area contributed by atoms with E-state index >= 15 is 0 Å². The van der Waals surface area contributed by atoms with Crippen LogP contribution < -0.4 is 41.2 Å². The molecule has 2 aromatic carbocycles. The Morgan fingerprint density at radius 1 is 0.903 bits per heavy atom. The van der Waals surface area contributed by atoms with Crippen molar-refractivity contribution in [3.05, 3.63) is 64.3 Å². The molecule has 1 saturated heterocycles. The number of hydrazine groups is 1. The largest absolute Gasteiger partial charge is 0.491 e. The Kier molecular flexibility index (Phi) is 12.8. The van der Waals surface area contributed by atoms with Crippen molar-refractivity contribution in [3.8, 4) is 5.75 Å². The lowest BCUT2D eigenvalue weighted by atomic mass is 9.94. The van der Waals surface area contributed by atoms with Gasteiger partial charge in [0.1, 0.15) is 17.5 Å². The first-order valence-corrected chi connectivity index (χ1v) is 21.1. The molecule has 3 atom stereocenters. The highest BCUT2D eigenvalue weighted by Gasteiger charge is 2.44. The molecule has 5 heterocycles. The van der Waals surface area contributed by atoms with E-state index in [1.165, 1.54) is 6.08 Å². The first kappa shape index (κ1) is 44.0. The van der Waals surface area contributed by atoms with Crippen molar-refractivity contribution in [2.75, 3.05) is 86.7 Å². The molecule has 6 N–H and O–H groups in total. The Morgan fingerprint density at radius 2 is 1.58 bits per heavy atom. The monoisotopic (exact) mass is 850 g/mol. The van der Waals surface area contributed by atoms with Crippen molar-refractivity contribution in [1.29, 1.82) is 0 Å². The zero-order valence-electron chi connectivity index (χ0n) is 36.6. The molecular formula is C44H58N12O6. The van der Waals surface area contributed by atoms with E-state index < -0.39 is 23.8 Å². The quantitative estimate of drug-likeness (QED) is 0.233. The summed E-state index contributed by atoms with van der Waals surface area (Å²) in [4.78, 5) is 70.6. The lowest BCUT2D eigenvalue weighted by Crippen LogP contribution is -2.46. The number of benzene rings is 2. The summed E-state index contributed by atoms with van der Waals surface area (Å²) in [7, 11) is 5.61. The van der Waals surface area contributed by atoms with E-state index in [2.05, 4.69) is 32.5 Å². The van der Waals surface area contributed by atoms with Gasteiger partial charge >= 0.3 is 0 Å². The zero-order valence-corrected chi connectivity index (χ0v) is 36.6. The molecule has 1 fully saturated rings. The van der Waals surface area contributed by atoms with Gasteiger partial charge in [0.25, 0.3) is 11.8 Å². The summed E-state index contributed by atoms with van der Waals surface area (Å²) in [5.41, 5.74) is 21.3. The van der Waals surface area contributed by atoms with Crippen LogP contribution in [0.4, 0.5) is 22.7 Å². The summed E-state index contributed by atoms with van der Waals surface area (Å²) in [6, 6.07) is 7.95. The minimum Gasteiger partial charge on any atom is -0.491 e. The molecule has 0 saturated carbocycles.